The summed E-state index contributed by atoms with van der Waals surface area (Å²) in [6.45, 7) is 8.67. The summed E-state index contributed by atoms with van der Waals surface area (Å²) in [5, 5.41) is 18.0. The van der Waals surface area contributed by atoms with Gasteiger partial charge in [-0.15, -0.1) is 0 Å². The van der Waals surface area contributed by atoms with Crippen LogP contribution in [0.15, 0.2) is 47.6 Å². The lowest BCUT2D eigenvalue weighted by atomic mass is 10.0. The van der Waals surface area contributed by atoms with Crippen molar-refractivity contribution in [2.24, 2.45) is 5.10 Å². The maximum atomic E-state index is 12.7. The highest BCUT2D eigenvalue weighted by Crippen LogP contribution is 2.28. The number of piperidine rings is 1. The van der Waals surface area contributed by atoms with Crippen molar-refractivity contribution in [3.8, 4) is 11.5 Å². The van der Waals surface area contributed by atoms with Crippen LogP contribution in [-0.4, -0.2) is 72.5 Å². The third kappa shape index (κ3) is 7.44. The summed E-state index contributed by atoms with van der Waals surface area (Å²) in [7, 11) is 0. The molecule has 0 saturated carbocycles. The number of amides is 2. The van der Waals surface area contributed by atoms with Gasteiger partial charge in [-0.05, 0) is 42.7 Å². The van der Waals surface area contributed by atoms with E-state index in [1.165, 1.54) is 0 Å². The zero-order valence-electron chi connectivity index (χ0n) is 20.9. The maximum absolute atomic E-state index is 12.7. The van der Waals surface area contributed by atoms with E-state index in [0.29, 0.717) is 54.7 Å². The number of hydrogen-bond acceptors (Lipinski definition) is 7. The van der Waals surface area contributed by atoms with Crippen LogP contribution in [0.4, 0.5) is 5.69 Å². The average Bonchev–Trinajstić information content (AvgIpc) is 2.95. The van der Waals surface area contributed by atoms with Gasteiger partial charge >= 0.3 is 0 Å². The third-order valence-corrected chi connectivity index (χ3v) is 6.72. The first-order valence-electron chi connectivity index (χ1n) is 12.5. The molecule has 3 N–H and O–H groups in total. The largest absolute Gasteiger partial charge is 0.502 e. The van der Waals surface area contributed by atoms with Gasteiger partial charge in [-0.1, -0.05) is 29.8 Å². The molecule has 0 spiro atoms. The van der Waals surface area contributed by atoms with Crippen LogP contribution in [0.5, 0.6) is 11.5 Å². The molecule has 2 aromatic carbocycles. The number of carbonyl (C=O) groups is 2. The fraction of sp³-hybridized carbons (Fsp3) is 0.407. The molecule has 0 aliphatic carbocycles. The molecule has 0 bridgehead atoms. The molecule has 2 aliphatic rings. The van der Waals surface area contributed by atoms with E-state index in [4.69, 9.17) is 27.6 Å². The molecule has 0 aromatic heterocycles. The molecule has 2 aliphatic heterocycles. The number of nitrogens with one attached hydrogen (secondary N) is 2. The minimum Gasteiger partial charge on any atom is -0.502 e. The number of hydrazone groups is 1. The molecule has 4 rings (SSSR count). The van der Waals surface area contributed by atoms with Crippen LogP contribution in [-0.2, 0) is 9.59 Å². The lowest BCUT2D eigenvalue weighted by molar-refractivity contribution is -0.134. The molecule has 1 saturated heterocycles. The number of nitrogens with zero attached hydrogens (tertiary/aromatic N) is 3. The molecule has 0 radical (unpaired) electrons. The van der Waals surface area contributed by atoms with Crippen molar-refractivity contribution in [3.05, 3.63) is 64.5 Å². The predicted molar refractivity (Wildman–Crippen MR) is 143 cm³/mol. The lowest BCUT2D eigenvalue weighted by Gasteiger charge is -2.33. The van der Waals surface area contributed by atoms with Crippen molar-refractivity contribution in [1.82, 2.24) is 15.6 Å². The second kappa shape index (κ2) is 13.2. The predicted octanol–water partition coefficient (Wildman–Crippen LogP) is 2.90. The topological polar surface area (TPSA) is 117 Å². The number of hydrogen-bond donors (Lipinski definition) is 3. The van der Waals surface area contributed by atoms with Gasteiger partial charge in [0.25, 0.3) is 5.91 Å². The SMILES string of the molecule is [C-]#[N+]c1ccccc1OC[C@@H](O)CNC1CCN(C(=O)COc2ccc(C3=NNC(=O)CC3)cc2Cl)CC1. The van der Waals surface area contributed by atoms with Crippen LogP contribution in [0.25, 0.3) is 4.85 Å². The van der Waals surface area contributed by atoms with Crippen molar-refractivity contribution in [1.29, 1.82) is 0 Å². The van der Waals surface area contributed by atoms with E-state index in [9.17, 15) is 14.7 Å². The van der Waals surface area contributed by atoms with E-state index >= 15 is 0 Å². The minimum absolute atomic E-state index is 0.0857. The van der Waals surface area contributed by atoms with Crippen molar-refractivity contribution in [2.75, 3.05) is 32.8 Å². The number of para-hydroxylation sites is 2. The fourth-order valence-electron chi connectivity index (χ4n) is 4.26. The Morgan fingerprint density at radius 1 is 1.21 bits per heavy atom. The maximum Gasteiger partial charge on any atom is 0.260 e. The number of carbonyl (C=O) groups excluding carboxylic acids is 2. The number of benzene rings is 2. The van der Waals surface area contributed by atoms with E-state index in [1.807, 2.05) is 6.07 Å². The average molecular weight is 540 g/mol. The summed E-state index contributed by atoms with van der Waals surface area (Å²) in [5.74, 6) is 0.647. The highest BCUT2D eigenvalue weighted by Gasteiger charge is 2.24. The molecule has 200 valence electrons. The molecule has 11 heteroatoms. The molecular weight excluding hydrogens is 510 g/mol. The standard InChI is InChI=1S/C27H30ClN5O5/c1-29-23-4-2-3-5-25(23)37-16-20(34)15-30-19-10-12-33(13-11-19)27(36)17-38-24-8-6-18(14-21(24)28)22-7-9-26(35)32-31-22/h2-6,8,14,19-20,30,34H,7,9-13,15-17H2,(H,32,35)/t20-/m0/s1. The molecule has 0 unspecified atom stereocenters. The lowest BCUT2D eigenvalue weighted by Crippen LogP contribution is -2.48. The molecule has 10 nitrogen and oxygen atoms in total. The molecule has 2 aromatic rings. The Labute approximate surface area is 226 Å². The number of aliphatic hydroxyl groups is 1. The first kappa shape index (κ1) is 27.4. The monoisotopic (exact) mass is 539 g/mol. The van der Waals surface area contributed by atoms with Gasteiger partial charge < -0.3 is 24.8 Å². The summed E-state index contributed by atoms with van der Waals surface area (Å²) >= 11 is 6.36. The van der Waals surface area contributed by atoms with Crippen LogP contribution in [0, 0.1) is 6.57 Å². The van der Waals surface area contributed by atoms with Gasteiger partial charge in [0.2, 0.25) is 11.6 Å². The van der Waals surface area contributed by atoms with Gasteiger partial charge in [0.1, 0.15) is 24.2 Å². The van der Waals surface area contributed by atoms with E-state index in [1.54, 1.807) is 41.3 Å². The summed E-state index contributed by atoms with van der Waals surface area (Å²) in [6.07, 6.45) is 1.71. The van der Waals surface area contributed by atoms with Crippen LogP contribution in [0.1, 0.15) is 31.2 Å². The third-order valence-electron chi connectivity index (χ3n) is 6.43. The second-order valence-corrected chi connectivity index (χ2v) is 9.54. The smallest absolute Gasteiger partial charge is 0.260 e. The highest BCUT2D eigenvalue weighted by molar-refractivity contribution is 6.32. The Morgan fingerprint density at radius 2 is 2.00 bits per heavy atom. The van der Waals surface area contributed by atoms with Crippen molar-refractivity contribution in [2.45, 2.75) is 37.8 Å². The number of halogens is 1. The molecule has 2 amide bonds. The van der Waals surface area contributed by atoms with Crippen LogP contribution < -0.4 is 20.2 Å². The Balaban J connectivity index is 1.15. The Kier molecular flexibility index (Phi) is 9.54. The minimum atomic E-state index is -0.720. The summed E-state index contributed by atoms with van der Waals surface area (Å²) in [4.78, 5) is 29.1. The normalized spacial score (nSPS) is 16.7. The van der Waals surface area contributed by atoms with Crippen LogP contribution in [0.3, 0.4) is 0 Å². The first-order chi connectivity index (χ1) is 18.4. The quantitative estimate of drug-likeness (QED) is 0.400. The number of likely N-dealkylation sites (tertiary alicyclic amines) is 1. The van der Waals surface area contributed by atoms with Crippen molar-refractivity contribution in [3.63, 3.8) is 0 Å². The zero-order valence-corrected chi connectivity index (χ0v) is 21.6. The van der Waals surface area contributed by atoms with E-state index < -0.39 is 6.10 Å². The number of ether oxygens (including phenoxy) is 2. The molecular formula is C27H30ClN5O5. The molecule has 1 fully saturated rings. The van der Waals surface area contributed by atoms with Crippen LogP contribution >= 0.6 is 11.6 Å². The van der Waals surface area contributed by atoms with E-state index in [0.717, 1.165) is 24.1 Å². The Morgan fingerprint density at radius 3 is 2.71 bits per heavy atom. The van der Waals surface area contributed by atoms with E-state index in [2.05, 4.69) is 20.7 Å². The second-order valence-electron chi connectivity index (χ2n) is 9.14. The summed E-state index contributed by atoms with van der Waals surface area (Å²) in [5.41, 5.74) is 4.43. The highest BCUT2D eigenvalue weighted by atomic mass is 35.5. The first-order valence-corrected chi connectivity index (χ1v) is 12.9. The Hall–Kier alpha value is -3.65. The zero-order chi connectivity index (χ0) is 26.9. The molecule has 1 atom stereocenters. The van der Waals surface area contributed by atoms with Gasteiger partial charge in [-0.2, -0.15) is 5.10 Å². The van der Waals surface area contributed by atoms with Crippen molar-refractivity contribution < 1.29 is 24.2 Å². The van der Waals surface area contributed by atoms with Gasteiger partial charge in [0.05, 0.1) is 17.3 Å². The van der Waals surface area contributed by atoms with Gasteiger partial charge in [-0.25, -0.2) is 10.3 Å². The van der Waals surface area contributed by atoms with Gasteiger partial charge in [0.15, 0.2) is 6.61 Å². The molecule has 2 heterocycles. The Bertz CT molecular complexity index is 1220. The van der Waals surface area contributed by atoms with Crippen molar-refractivity contribution >= 4 is 34.8 Å². The fourth-order valence-corrected chi connectivity index (χ4v) is 4.50. The summed E-state index contributed by atoms with van der Waals surface area (Å²) in [6, 6.07) is 12.4. The number of aliphatic hydroxyl groups excluding tert-OH is 1. The van der Waals surface area contributed by atoms with Gasteiger partial charge in [-0.3, -0.25) is 9.59 Å². The van der Waals surface area contributed by atoms with E-state index in [-0.39, 0.29) is 31.1 Å². The van der Waals surface area contributed by atoms with Gasteiger partial charge in [0, 0.05) is 38.5 Å². The summed E-state index contributed by atoms with van der Waals surface area (Å²) < 4.78 is 11.3. The number of rotatable bonds is 10. The molecule has 38 heavy (non-hydrogen) atoms. The van der Waals surface area contributed by atoms with Crippen LogP contribution in [0.2, 0.25) is 5.02 Å².